The van der Waals surface area contributed by atoms with E-state index in [0.717, 1.165) is 19.3 Å². The van der Waals surface area contributed by atoms with Crippen molar-refractivity contribution in [2.24, 2.45) is 0 Å². The smallest absolute Gasteiger partial charge is 0.192 e. The van der Waals surface area contributed by atoms with Crippen LogP contribution in [0.5, 0.6) is 0 Å². The zero-order valence-corrected chi connectivity index (χ0v) is 16.8. The zero-order valence-electron chi connectivity index (χ0n) is 15.8. The van der Waals surface area contributed by atoms with Gasteiger partial charge in [0, 0.05) is 6.61 Å². The van der Waals surface area contributed by atoms with Gasteiger partial charge >= 0.3 is 0 Å². The van der Waals surface area contributed by atoms with Gasteiger partial charge in [0.15, 0.2) is 8.32 Å². The highest BCUT2D eigenvalue weighted by Crippen LogP contribution is 2.41. The van der Waals surface area contributed by atoms with Gasteiger partial charge in [-0.3, -0.25) is 0 Å². The molecule has 1 atom stereocenters. The molecule has 0 aliphatic carbocycles. The number of unbranched alkanes of at least 4 members (excludes halogenated alkanes) is 1. The fraction of sp³-hybridized carbons (Fsp3) is 0.524. The largest absolute Gasteiger partial charge is 0.410 e. The molecule has 0 aliphatic heterocycles. The average molecular weight is 345 g/mol. The molecule has 2 aromatic carbocycles. The second-order valence-electron chi connectivity index (χ2n) is 8.19. The Kier molecular flexibility index (Phi) is 6.24. The van der Waals surface area contributed by atoms with Gasteiger partial charge in [0.2, 0.25) is 0 Å². The van der Waals surface area contributed by atoms with E-state index >= 15 is 0 Å². The Hall–Kier alpha value is -1.16. The van der Waals surface area contributed by atoms with Crippen LogP contribution in [0.4, 0.5) is 0 Å². The lowest BCUT2D eigenvalue weighted by atomic mass is 10.0. The van der Waals surface area contributed by atoms with E-state index in [9.17, 15) is 0 Å². The van der Waals surface area contributed by atoms with E-state index in [1.165, 1.54) is 16.3 Å². The van der Waals surface area contributed by atoms with Crippen LogP contribution in [0.3, 0.4) is 0 Å². The average Bonchev–Trinajstić information content (AvgIpc) is 2.52. The normalized spacial score (nSPS) is 14.1. The van der Waals surface area contributed by atoms with Crippen molar-refractivity contribution in [3.8, 4) is 0 Å². The summed E-state index contributed by atoms with van der Waals surface area (Å²) in [5.74, 6) is 0. The highest BCUT2D eigenvalue weighted by molar-refractivity contribution is 6.74. The van der Waals surface area contributed by atoms with E-state index in [2.05, 4.69) is 76.3 Å². The van der Waals surface area contributed by atoms with E-state index in [1.807, 2.05) is 0 Å². The molecule has 1 unspecified atom stereocenters. The lowest BCUT2D eigenvalue weighted by molar-refractivity contribution is 0.166. The van der Waals surface area contributed by atoms with E-state index < -0.39 is 8.32 Å². The van der Waals surface area contributed by atoms with Gasteiger partial charge in [-0.2, -0.15) is 0 Å². The second-order valence-corrected chi connectivity index (χ2v) is 12.9. The van der Waals surface area contributed by atoms with Gasteiger partial charge in [-0.05, 0) is 59.8 Å². The van der Waals surface area contributed by atoms with E-state index in [4.69, 9.17) is 9.53 Å². The highest BCUT2D eigenvalue weighted by atomic mass is 28.4. The van der Waals surface area contributed by atoms with Gasteiger partial charge in [-0.15, -0.1) is 0 Å². The molecular weight excluding hydrogens is 312 g/mol. The molecule has 1 N–H and O–H groups in total. The summed E-state index contributed by atoms with van der Waals surface area (Å²) in [4.78, 5) is 0. The Morgan fingerprint density at radius 3 is 2.29 bits per heavy atom. The van der Waals surface area contributed by atoms with Crippen LogP contribution in [0.15, 0.2) is 42.5 Å². The Morgan fingerprint density at radius 2 is 1.67 bits per heavy atom. The number of hydrogen-bond donors (Lipinski definition) is 1. The van der Waals surface area contributed by atoms with E-state index in [0.29, 0.717) is 0 Å². The lowest BCUT2D eigenvalue weighted by Crippen LogP contribution is -2.41. The molecule has 0 spiro atoms. The minimum absolute atomic E-state index is 0.113. The summed E-state index contributed by atoms with van der Waals surface area (Å²) in [6.45, 7) is 11.7. The van der Waals surface area contributed by atoms with Gasteiger partial charge in [-0.1, -0.05) is 57.2 Å². The van der Waals surface area contributed by atoms with Crippen molar-refractivity contribution in [2.75, 3.05) is 6.61 Å². The van der Waals surface area contributed by atoms with Crippen LogP contribution < -0.4 is 0 Å². The summed E-state index contributed by atoms with van der Waals surface area (Å²) in [6, 6.07) is 15.1. The Balaban J connectivity index is 2.29. The number of rotatable bonds is 7. The van der Waals surface area contributed by atoms with Crippen molar-refractivity contribution < 1.29 is 9.53 Å². The van der Waals surface area contributed by atoms with Crippen LogP contribution in [0.2, 0.25) is 18.1 Å². The molecule has 132 valence electrons. The van der Waals surface area contributed by atoms with Crippen molar-refractivity contribution in [3.63, 3.8) is 0 Å². The van der Waals surface area contributed by atoms with Crippen LogP contribution in [-0.2, 0) is 4.43 Å². The van der Waals surface area contributed by atoms with Gasteiger partial charge in [-0.25, -0.2) is 0 Å². The molecule has 0 heterocycles. The van der Waals surface area contributed by atoms with Crippen molar-refractivity contribution >= 4 is 19.1 Å². The van der Waals surface area contributed by atoms with Gasteiger partial charge in [0.1, 0.15) is 0 Å². The van der Waals surface area contributed by atoms with Crippen LogP contribution >= 0.6 is 0 Å². The minimum atomic E-state index is -1.84. The molecule has 2 rings (SSSR count). The molecule has 0 fully saturated rings. The first-order valence-corrected chi connectivity index (χ1v) is 11.9. The summed E-state index contributed by atoms with van der Waals surface area (Å²) >= 11 is 0. The molecule has 0 aromatic heterocycles. The summed E-state index contributed by atoms with van der Waals surface area (Å²) in [6.07, 6.45) is 2.90. The third-order valence-corrected chi connectivity index (χ3v) is 9.75. The number of aliphatic hydroxyl groups excluding tert-OH is 1. The predicted octanol–water partition coefficient (Wildman–Crippen LogP) is 6.07. The van der Waals surface area contributed by atoms with Gasteiger partial charge in [0.25, 0.3) is 0 Å². The van der Waals surface area contributed by atoms with Crippen molar-refractivity contribution in [3.05, 3.63) is 48.0 Å². The molecule has 0 bridgehead atoms. The fourth-order valence-electron chi connectivity index (χ4n) is 2.68. The second kappa shape index (κ2) is 7.81. The number of fused-ring (bicyclic) bond motifs is 1. The van der Waals surface area contributed by atoms with Crippen molar-refractivity contribution in [2.45, 2.75) is 64.3 Å². The number of aliphatic hydroxyl groups is 1. The molecule has 0 radical (unpaired) electrons. The standard InChI is InChI=1S/C21H32O2Si/c1-21(2,3)24(4,5)23-20(12-8-9-15-22)19-14-13-17-10-6-7-11-18(17)16-19/h6-7,10-11,13-14,16,20,22H,8-9,12,15H2,1-5H3. The SMILES string of the molecule is CC(C)(C)[Si](C)(C)OC(CCCCO)c1ccc2ccccc2c1. The van der Waals surface area contributed by atoms with Gasteiger partial charge < -0.3 is 9.53 Å². The Bertz CT molecular complexity index is 658. The first-order chi connectivity index (χ1) is 11.2. The van der Waals surface area contributed by atoms with Crippen molar-refractivity contribution in [1.82, 2.24) is 0 Å². The first kappa shape index (κ1) is 19.2. The van der Waals surface area contributed by atoms with Crippen molar-refractivity contribution in [1.29, 1.82) is 0 Å². The Morgan fingerprint density at radius 1 is 1.00 bits per heavy atom. The fourth-order valence-corrected chi connectivity index (χ4v) is 3.99. The monoisotopic (exact) mass is 344 g/mol. The molecule has 0 aliphatic rings. The third-order valence-electron chi connectivity index (χ3n) is 5.26. The molecule has 0 saturated heterocycles. The summed E-state index contributed by atoms with van der Waals surface area (Å²) in [5, 5.41) is 11.8. The summed E-state index contributed by atoms with van der Waals surface area (Å²) in [5.41, 5.74) is 1.26. The van der Waals surface area contributed by atoms with Crippen LogP contribution in [-0.4, -0.2) is 20.0 Å². The molecule has 0 saturated carbocycles. The molecule has 24 heavy (non-hydrogen) atoms. The Labute approximate surface area is 148 Å². The molecule has 2 aromatic rings. The quantitative estimate of drug-likeness (QED) is 0.488. The highest BCUT2D eigenvalue weighted by Gasteiger charge is 2.39. The third kappa shape index (κ3) is 4.68. The molecular formula is C21H32O2Si. The van der Waals surface area contributed by atoms with Crippen LogP contribution in [0.25, 0.3) is 10.8 Å². The minimum Gasteiger partial charge on any atom is -0.410 e. The number of benzene rings is 2. The van der Waals surface area contributed by atoms with Crippen LogP contribution in [0.1, 0.15) is 51.7 Å². The first-order valence-electron chi connectivity index (χ1n) is 9.02. The molecule has 0 amide bonds. The van der Waals surface area contributed by atoms with Gasteiger partial charge in [0.05, 0.1) is 6.10 Å². The maximum absolute atomic E-state index is 9.12. The number of hydrogen-bond acceptors (Lipinski definition) is 2. The van der Waals surface area contributed by atoms with E-state index in [1.54, 1.807) is 0 Å². The summed E-state index contributed by atoms with van der Waals surface area (Å²) < 4.78 is 6.74. The maximum atomic E-state index is 9.12. The molecule has 2 nitrogen and oxygen atoms in total. The van der Waals surface area contributed by atoms with Crippen LogP contribution in [0, 0.1) is 0 Å². The topological polar surface area (TPSA) is 29.5 Å². The predicted molar refractivity (Wildman–Crippen MR) is 106 cm³/mol. The summed E-state index contributed by atoms with van der Waals surface area (Å²) in [7, 11) is -1.84. The molecule has 3 heteroatoms. The maximum Gasteiger partial charge on any atom is 0.192 e. The van der Waals surface area contributed by atoms with E-state index in [-0.39, 0.29) is 17.7 Å². The lowest BCUT2D eigenvalue weighted by Gasteiger charge is -2.39. The zero-order chi connectivity index (χ0) is 17.8.